The summed E-state index contributed by atoms with van der Waals surface area (Å²) >= 11 is 0. The largest absolute Gasteiger partial charge is 0.547 e. The molecule has 2 aromatic carbocycles. The Labute approximate surface area is 140 Å². The van der Waals surface area contributed by atoms with E-state index in [1.54, 1.807) is 12.1 Å². The minimum absolute atomic E-state index is 0.0316. The van der Waals surface area contributed by atoms with Gasteiger partial charge in [-0.25, -0.2) is 4.39 Å². The summed E-state index contributed by atoms with van der Waals surface area (Å²) in [6.07, 6.45) is 0. The van der Waals surface area contributed by atoms with Crippen LogP contribution in [0.2, 0.25) is 13.1 Å². The van der Waals surface area contributed by atoms with E-state index in [2.05, 4.69) is 39.9 Å². The monoisotopic (exact) mass is 331 g/mol. The van der Waals surface area contributed by atoms with Crippen molar-refractivity contribution in [2.75, 3.05) is 5.73 Å². The van der Waals surface area contributed by atoms with Gasteiger partial charge in [-0.1, -0.05) is 32.9 Å². The van der Waals surface area contributed by atoms with E-state index in [4.69, 9.17) is 10.2 Å². The molecular weight excluding hydrogens is 305 g/mol. The summed E-state index contributed by atoms with van der Waals surface area (Å²) in [5, 5.41) is 0. The highest BCUT2D eigenvalue weighted by Crippen LogP contribution is 2.40. The first-order valence-corrected chi connectivity index (χ1v) is 10.8. The lowest BCUT2D eigenvalue weighted by molar-refractivity contribution is 0.517. The molecule has 0 radical (unpaired) electrons. The van der Waals surface area contributed by atoms with Gasteiger partial charge < -0.3 is 10.2 Å². The number of rotatable bonds is 3. The molecule has 4 heteroatoms. The Hall–Kier alpha value is -1.81. The van der Waals surface area contributed by atoms with Crippen LogP contribution in [-0.2, 0) is 5.41 Å². The topological polar surface area (TPSA) is 35.2 Å². The Bertz CT molecular complexity index is 720. The predicted molar refractivity (Wildman–Crippen MR) is 99.2 cm³/mol. The highest BCUT2D eigenvalue weighted by Gasteiger charge is 2.23. The number of anilines is 1. The maximum absolute atomic E-state index is 14.3. The molecule has 0 amide bonds. The number of nitrogens with two attached hydrogens (primary N) is 1. The summed E-state index contributed by atoms with van der Waals surface area (Å²) < 4.78 is 20.5. The Kier molecular flexibility index (Phi) is 4.85. The molecule has 0 aliphatic heterocycles. The van der Waals surface area contributed by atoms with Crippen molar-refractivity contribution in [1.29, 1.82) is 0 Å². The highest BCUT2D eigenvalue weighted by molar-refractivity contribution is 6.49. The molecule has 0 fully saturated rings. The molecule has 0 atom stereocenters. The van der Waals surface area contributed by atoms with Crippen LogP contribution in [0, 0.1) is 12.7 Å². The molecule has 0 saturated heterocycles. The summed E-state index contributed by atoms with van der Waals surface area (Å²) in [6, 6.07) is 8.71. The number of halogens is 1. The van der Waals surface area contributed by atoms with Crippen LogP contribution in [0.1, 0.15) is 31.9 Å². The summed E-state index contributed by atoms with van der Waals surface area (Å²) in [5.41, 5.74) is 9.87. The third-order valence-electron chi connectivity index (χ3n) is 3.85. The Morgan fingerprint density at radius 3 is 2.26 bits per heavy atom. The summed E-state index contributed by atoms with van der Waals surface area (Å²) in [6.45, 7) is 12.8. The first-order valence-electron chi connectivity index (χ1n) is 7.97. The van der Waals surface area contributed by atoms with Crippen LogP contribution in [0.25, 0.3) is 11.1 Å². The van der Waals surface area contributed by atoms with Gasteiger partial charge >= 0.3 is 0 Å². The molecule has 0 aromatic heterocycles. The van der Waals surface area contributed by atoms with E-state index in [9.17, 15) is 4.39 Å². The molecule has 0 unspecified atom stereocenters. The number of hydrogen-bond acceptors (Lipinski definition) is 2. The maximum atomic E-state index is 14.3. The van der Waals surface area contributed by atoms with Gasteiger partial charge in [-0.2, -0.15) is 0 Å². The molecule has 2 N–H and O–H groups in total. The average molecular weight is 332 g/mol. The quantitative estimate of drug-likeness (QED) is 0.631. The van der Waals surface area contributed by atoms with Crippen LogP contribution in [0.5, 0.6) is 5.75 Å². The number of hydrogen-bond donors (Lipinski definition) is 1. The van der Waals surface area contributed by atoms with Crippen molar-refractivity contribution in [3.05, 3.63) is 47.3 Å². The second kappa shape index (κ2) is 6.36. The van der Waals surface area contributed by atoms with Crippen LogP contribution in [0.4, 0.5) is 10.1 Å². The zero-order valence-electron chi connectivity index (χ0n) is 14.8. The molecule has 0 aliphatic carbocycles. The zero-order chi connectivity index (χ0) is 17.4. The van der Waals surface area contributed by atoms with Crippen molar-refractivity contribution in [2.24, 2.45) is 0 Å². The van der Waals surface area contributed by atoms with Gasteiger partial charge in [-0.15, -0.1) is 0 Å². The molecular formula is C19H26FNOSi. The van der Waals surface area contributed by atoms with Crippen molar-refractivity contribution in [3.8, 4) is 16.9 Å². The van der Waals surface area contributed by atoms with E-state index in [0.29, 0.717) is 11.3 Å². The Balaban J connectivity index is 2.70. The molecule has 2 rings (SSSR count). The lowest BCUT2D eigenvalue weighted by Crippen LogP contribution is -2.19. The Morgan fingerprint density at radius 2 is 1.70 bits per heavy atom. The van der Waals surface area contributed by atoms with Gasteiger partial charge in [0, 0.05) is 11.3 Å². The van der Waals surface area contributed by atoms with E-state index in [-0.39, 0.29) is 11.2 Å². The fourth-order valence-corrected chi connectivity index (χ4v) is 3.49. The molecule has 23 heavy (non-hydrogen) atoms. The van der Waals surface area contributed by atoms with E-state index >= 15 is 0 Å². The first-order chi connectivity index (χ1) is 10.6. The standard InChI is InChI=1S/C19H26FNOSi/c1-12-14(15-11-13(21)7-10-17(15)20)8-9-16(19(2,3)4)18(12)22-23(5)6/h7-11,23H,21H2,1-6H3. The van der Waals surface area contributed by atoms with Gasteiger partial charge in [0.15, 0.2) is 0 Å². The van der Waals surface area contributed by atoms with Crippen molar-refractivity contribution >= 4 is 14.7 Å². The van der Waals surface area contributed by atoms with Gasteiger partial charge in [0.25, 0.3) is 0 Å². The summed E-state index contributed by atoms with van der Waals surface area (Å²) in [7, 11) is -1.28. The molecule has 0 bridgehead atoms. The van der Waals surface area contributed by atoms with Crippen LogP contribution in [-0.4, -0.2) is 9.04 Å². The average Bonchev–Trinajstić information content (AvgIpc) is 2.42. The molecule has 2 nitrogen and oxygen atoms in total. The second-order valence-corrected chi connectivity index (χ2v) is 9.60. The zero-order valence-corrected chi connectivity index (χ0v) is 16.0. The van der Waals surface area contributed by atoms with E-state index in [1.165, 1.54) is 6.07 Å². The maximum Gasteiger partial charge on any atom is 0.229 e. The van der Waals surface area contributed by atoms with Gasteiger partial charge in [0.2, 0.25) is 9.04 Å². The van der Waals surface area contributed by atoms with E-state index < -0.39 is 9.04 Å². The molecule has 2 aromatic rings. The van der Waals surface area contributed by atoms with Crippen molar-refractivity contribution in [1.82, 2.24) is 0 Å². The normalized spacial score (nSPS) is 11.8. The fourth-order valence-electron chi connectivity index (χ4n) is 2.71. The molecule has 0 saturated carbocycles. The Morgan fingerprint density at radius 1 is 1.04 bits per heavy atom. The van der Waals surface area contributed by atoms with E-state index in [0.717, 1.165) is 22.4 Å². The summed E-state index contributed by atoms with van der Waals surface area (Å²) in [5.74, 6) is 0.636. The highest BCUT2D eigenvalue weighted by atomic mass is 28.3. The van der Waals surface area contributed by atoms with Crippen LogP contribution >= 0.6 is 0 Å². The SMILES string of the molecule is Cc1c(-c2cc(N)ccc2F)ccc(C(C)(C)C)c1O[SiH](C)C. The third-order valence-corrected chi connectivity index (χ3v) is 4.56. The van der Waals surface area contributed by atoms with Crippen LogP contribution in [0.15, 0.2) is 30.3 Å². The van der Waals surface area contributed by atoms with Gasteiger partial charge in [-0.05, 0) is 60.3 Å². The number of benzene rings is 2. The minimum Gasteiger partial charge on any atom is -0.547 e. The molecule has 0 aliphatic rings. The van der Waals surface area contributed by atoms with Crippen LogP contribution < -0.4 is 10.2 Å². The first kappa shape index (κ1) is 17.5. The fraction of sp³-hybridized carbons (Fsp3) is 0.368. The third kappa shape index (κ3) is 3.75. The van der Waals surface area contributed by atoms with E-state index in [1.807, 2.05) is 13.0 Å². The molecule has 0 heterocycles. The van der Waals surface area contributed by atoms with Gasteiger partial charge in [0.1, 0.15) is 11.6 Å². The van der Waals surface area contributed by atoms with Gasteiger partial charge in [0.05, 0.1) is 0 Å². The lowest BCUT2D eigenvalue weighted by Gasteiger charge is -2.27. The number of nitrogen functional groups attached to an aromatic ring is 1. The smallest absolute Gasteiger partial charge is 0.229 e. The molecule has 0 spiro atoms. The minimum atomic E-state index is -1.28. The van der Waals surface area contributed by atoms with Crippen molar-refractivity contribution in [3.63, 3.8) is 0 Å². The van der Waals surface area contributed by atoms with Crippen LogP contribution in [0.3, 0.4) is 0 Å². The lowest BCUT2D eigenvalue weighted by atomic mass is 9.83. The predicted octanol–water partition coefficient (Wildman–Crippen LogP) is 5.04. The van der Waals surface area contributed by atoms with Crippen molar-refractivity contribution < 1.29 is 8.82 Å². The van der Waals surface area contributed by atoms with Crippen molar-refractivity contribution in [2.45, 2.75) is 46.2 Å². The second-order valence-electron chi connectivity index (χ2n) is 7.27. The molecule has 124 valence electrons. The van der Waals surface area contributed by atoms with Gasteiger partial charge in [-0.3, -0.25) is 0 Å². The summed E-state index contributed by atoms with van der Waals surface area (Å²) in [4.78, 5) is 0.